The van der Waals surface area contributed by atoms with Crippen LogP contribution >= 0.6 is 6.11 Å². The van der Waals surface area contributed by atoms with E-state index in [0.717, 1.165) is 17.5 Å². The number of hydrogen-bond acceptors (Lipinski definition) is 0. The maximum absolute atomic E-state index is 2.29. The number of rotatable bonds is 4. The van der Waals surface area contributed by atoms with Gasteiger partial charge in [-0.25, -0.2) is 0 Å². The second kappa shape index (κ2) is 6.31. The molecule has 0 aliphatic heterocycles. The van der Waals surface area contributed by atoms with E-state index < -0.39 is 0 Å². The Morgan fingerprint density at radius 3 is 1.62 bits per heavy atom. The molecule has 0 spiro atoms. The van der Waals surface area contributed by atoms with Crippen molar-refractivity contribution in [2.24, 2.45) is 0 Å². The molecule has 2 aromatic rings. The van der Waals surface area contributed by atoms with Crippen molar-refractivity contribution in [2.45, 2.75) is 11.8 Å². The Kier molecular flexibility index (Phi) is 4.74. The Balaban J connectivity index is 2.31. The van der Waals surface area contributed by atoms with Crippen molar-refractivity contribution in [1.29, 1.82) is 0 Å². The summed E-state index contributed by atoms with van der Waals surface area (Å²) < 4.78 is 0. The third-order valence-corrected chi connectivity index (χ3v) is 9.33. The van der Waals surface area contributed by atoms with Gasteiger partial charge in [0.2, 0.25) is 0 Å². The molecule has 0 fully saturated rings. The zero-order valence-corrected chi connectivity index (χ0v) is 11.7. The van der Waals surface area contributed by atoms with Crippen LogP contribution < -0.4 is 10.6 Å². The topological polar surface area (TPSA) is 0 Å². The van der Waals surface area contributed by atoms with Gasteiger partial charge in [0, 0.05) is 0 Å². The zero-order valence-electron chi connectivity index (χ0n) is 9.24. The Morgan fingerprint density at radius 2 is 1.25 bits per heavy atom. The molecule has 0 heterocycles. The summed E-state index contributed by atoms with van der Waals surface area (Å²) in [4.78, 5) is 1.30. The van der Waals surface area contributed by atoms with Gasteiger partial charge in [-0.15, -0.1) is 0 Å². The van der Waals surface area contributed by atoms with E-state index in [0.29, 0.717) is 0 Å². The van der Waals surface area contributed by atoms with Gasteiger partial charge >= 0.3 is 107 Å². The van der Waals surface area contributed by atoms with Crippen molar-refractivity contribution >= 4 is 16.7 Å². The van der Waals surface area contributed by atoms with Crippen molar-refractivity contribution < 1.29 is 17.5 Å². The van der Waals surface area contributed by atoms with Gasteiger partial charge in [-0.1, -0.05) is 0 Å². The molecule has 0 saturated carbocycles. The second-order valence-corrected chi connectivity index (χ2v) is 9.65. The van der Waals surface area contributed by atoms with E-state index in [2.05, 4.69) is 67.6 Å². The van der Waals surface area contributed by atoms with Gasteiger partial charge < -0.3 is 0 Å². The first-order chi connectivity index (χ1) is 7.92. The molecule has 0 unspecified atom stereocenters. The van der Waals surface area contributed by atoms with E-state index in [1.165, 1.54) is 15.5 Å². The van der Waals surface area contributed by atoms with Gasteiger partial charge in [-0.2, -0.15) is 0 Å². The molecular formula is C14H15PPd. The molecule has 0 bridgehead atoms. The molecular weight excluding hydrogens is 306 g/mol. The van der Waals surface area contributed by atoms with E-state index in [4.69, 9.17) is 0 Å². The van der Waals surface area contributed by atoms with Gasteiger partial charge in [0.1, 0.15) is 0 Å². The van der Waals surface area contributed by atoms with Gasteiger partial charge in [0.05, 0.1) is 0 Å². The fourth-order valence-corrected chi connectivity index (χ4v) is 7.59. The Labute approximate surface area is 106 Å². The average molecular weight is 321 g/mol. The average Bonchev–Trinajstić information content (AvgIpc) is 2.38. The van der Waals surface area contributed by atoms with E-state index in [9.17, 15) is 0 Å². The van der Waals surface area contributed by atoms with Gasteiger partial charge in [-0.3, -0.25) is 0 Å². The summed E-state index contributed by atoms with van der Waals surface area (Å²) in [5.74, 6) is 0. The molecule has 0 nitrogen and oxygen atoms in total. The summed E-state index contributed by atoms with van der Waals surface area (Å²) in [5, 5.41) is 3.03. The minimum absolute atomic E-state index is 0.101. The number of hydrogen-bond donors (Lipinski definition) is 0. The SMILES string of the molecule is C[CH2][Pd][P](c1ccccc1)c1ccccc1. The van der Waals surface area contributed by atoms with Gasteiger partial charge in [0.15, 0.2) is 0 Å². The van der Waals surface area contributed by atoms with Crippen LogP contribution in [0.3, 0.4) is 0 Å². The van der Waals surface area contributed by atoms with Crippen LogP contribution in [-0.4, -0.2) is 0 Å². The predicted molar refractivity (Wildman–Crippen MR) is 69.6 cm³/mol. The van der Waals surface area contributed by atoms with E-state index in [-0.39, 0.29) is 6.11 Å². The van der Waals surface area contributed by atoms with Crippen LogP contribution in [0.1, 0.15) is 6.92 Å². The molecule has 0 amide bonds. The summed E-state index contributed by atoms with van der Waals surface area (Å²) >= 11 is 0.821. The minimum atomic E-state index is -0.101. The third kappa shape index (κ3) is 3.02. The van der Waals surface area contributed by atoms with Crippen molar-refractivity contribution in [3.8, 4) is 0 Å². The molecule has 0 N–H and O–H groups in total. The summed E-state index contributed by atoms with van der Waals surface area (Å²) in [5.41, 5.74) is 0. The molecule has 0 atom stereocenters. The molecule has 2 aromatic carbocycles. The summed E-state index contributed by atoms with van der Waals surface area (Å²) in [6, 6.07) is 21.9. The van der Waals surface area contributed by atoms with Gasteiger partial charge in [-0.05, 0) is 0 Å². The summed E-state index contributed by atoms with van der Waals surface area (Å²) in [6.45, 7) is 2.29. The number of benzene rings is 2. The maximum atomic E-state index is 2.29. The molecule has 0 aliphatic carbocycles. The third-order valence-electron chi connectivity index (χ3n) is 2.13. The van der Waals surface area contributed by atoms with Crippen LogP contribution in [0.2, 0.25) is 4.89 Å². The molecule has 0 radical (unpaired) electrons. The molecule has 0 aromatic heterocycles. The van der Waals surface area contributed by atoms with Crippen LogP contribution in [0.5, 0.6) is 0 Å². The van der Waals surface area contributed by atoms with Crippen molar-refractivity contribution in [2.75, 3.05) is 0 Å². The molecule has 0 saturated heterocycles. The van der Waals surface area contributed by atoms with Crippen LogP contribution in [0.25, 0.3) is 0 Å². The fraction of sp³-hybridized carbons (Fsp3) is 0.143. The van der Waals surface area contributed by atoms with Gasteiger partial charge in [0.25, 0.3) is 0 Å². The molecule has 16 heavy (non-hydrogen) atoms. The van der Waals surface area contributed by atoms with Crippen LogP contribution in [0, 0.1) is 0 Å². The monoisotopic (exact) mass is 320 g/mol. The van der Waals surface area contributed by atoms with Crippen LogP contribution in [0.4, 0.5) is 0 Å². The molecule has 0 aliphatic rings. The Bertz CT molecular complexity index is 374. The first-order valence-electron chi connectivity index (χ1n) is 5.34. The Morgan fingerprint density at radius 1 is 0.812 bits per heavy atom. The van der Waals surface area contributed by atoms with Crippen molar-refractivity contribution in [3.63, 3.8) is 0 Å². The summed E-state index contributed by atoms with van der Waals surface area (Å²) in [7, 11) is 0. The fourth-order valence-electron chi connectivity index (χ4n) is 1.46. The Hall–Kier alpha value is -0.468. The summed E-state index contributed by atoms with van der Waals surface area (Å²) in [6.07, 6.45) is -0.101. The molecule has 2 heteroatoms. The normalized spacial score (nSPS) is 10.9. The van der Waals surface area contributed by atoms with Crippen molar-refractivity contribution in [1.82, 2.24) is 0 Å². The quantitative estimate of drug-likeness (QED) is 0.597. The van der Waals surface area contributed by atoms with E-state index in [1.807, 2.05) is 0 Å². The van der Waals surface area contributed by atoms with E-state index >= 15 is 0 Å². The first kappa shape index (κ1) is 12.0. The second-order valence-electron chi connectivity index (χ2n) is 3.25. The van der Waals surface area contributed by atoms with Crippen molar-refractivity contribution in [3.05, 3.63) is 60.7 Å². The molecule has 2 rings (SSSR count). The van der Waals surface area contributed by atoms with Crippen LogP contribution in [-0.2, 0) is 17.5 Å². The zero-order chi connectivity index (χ0) is 11.2. The predicted octanol–water partition coefficient (Wildman–Crippen LogP) is 3.56. The van der Waals surface area contributed by atoms with Crippen LogP contribution in [0.15, 0.2) is 60.7 Å². The standard InChI is InChI=1S/C12H10P.C2H5.Pd/c1-3-7-11(8-4-1)13-12-9-5-2-6-10-12;1-2;/h1-10H;1H2,2H3;/q-1;;+1. The van der Waals surface area contributed by atoms with E-state index in [1.54, 1.807) is 0 Å². The first-order valence-corrected chi connectivity index (χ1v) is 9.70. The molecule has 86 valence electrons.